The molecule has 0 aromatic heterocycles. The highest BCUT2D eigenvalue weighted by molar-refractivity contribution is 5.49. The molecule has 0 fully saturated rings. The standard InChI is InChI=1S/C21H28O/c1-5-10-16-14-19(15-17(11-6-2)20(16)22)21(3,4)18-12-8-7-9-13-18/h7-9,12-15,22H,5-6,10-11H2,1-4H3. The Morgan fingerprint density at radius 2 is 1.32 bits per heavy atom. The van der Waals surface area contributed by atoms with Gasteiger partial charge in [0.05, 0.1) is 0 Å². The van der Waals surface area contributed by atoms with Crippen LogP contribution in [0.1, 0.15) is 62.8 Å². The number of rotatable bonds is 6. The molecule has 118 valence electrons. The van der Waals surface area contributed by atoms with E-state index in [1.54, 1.807) is 0 Å². The van der Waals surface area contributed by atoms with Crippen molar-refractivity contribution in [3.63, 3.8) is 0 Å². The zero-order valence-electron chi connectivity index (χ0n) is 14.3. The van der Waals surface area contributed by atoms with E-state index in [-0.39, 0.29) is 5.41 Å². The van der Waals surface area contributed by atoms with Crippen molar-refractivity contribution in [1.29, 1.82) is 0 Å². The molecule has 1 heteroatoms. The molecular weight excluding hydrogens is 268 g/mol. The summed E-state index contributed by atoms with van der Waals surface area (Å²) in [5.41, 5.74) is 4.73. The molecule has 22 heavy (non-hydrogen) atoms. The molecule has 0 saturated heterocycles. The Bertz CT molecular complexity index is 584. The molecule has 0 saturated carbocycles. The van der Waals surface area contributed by atoms with Crippen molar-refractivity contribution in [2.24, 2.45) is 0 Å². The van der Waals surface area contributed by atoms with E-state index in [9.17, 15) is 5.11 Å². The van der Waals surface area contributed by atoms with Crippen molar-refractivity contribution in [2.45, 2.75) is 58.8 Å². The molecule has 0 unspecified atom stereocenters. The van der Waals surface area contributed by atoms with Crippen molar-refractivity contribution in [3.8, 4) is 5.75 Å². The van der Waals surface area contributed by atoms with Gasteiger partial charge in [0, 0.05) is 5.41 Å². The number of benzene rings is 2. The van der Waals surface area contributed by atoms with E-state index in [1.165, 1.54) is 11.1 Å². The average molecular weight is 296 g/mol. The maximum Gasteiger partial charge on any atom is 0.121 e. The second-order valence-electron chi connectivity index (χ2n) is 6.63. The Hall–Kier alpha value is -1.76. The highest BCUT2D eigenvalue weighted by Crippen LogP contribution is 2.36. The largest absolute Gasteiger partial charge is 0.507 e. The fraction of sp³-hybridized carbons (Fsp3) is 0.429. The minimum atomic E-state index is -0.0556. The number of hydrogen-bond donors (Lipinski definition) is 1. The van der Waals surface area contributed by atoms with Crippen LogP contribution in [0, 0.1) is 0 Å². The van der Waals surface area contributed by atoms with E-state index < -0.39 is 0 Å². The first-order chi connectivity index (χ1) is 10.5. The topological polar surface area (TPSA) is 20.2 Å². The van der Waals surface area contributed by atoms with Gasteiger partial charge in [-0.1, -0.05) is 83.0 Å². The highest BCUT2D eigenvalue weighted by Gasteiger charge is 2.25. The third kappa shape index (κ3) is 3.35. The predicted octanol–water partition coefficient (Wildman–Crippen LogP) is 5.62. The van der Waals surface area contributed by atoms with E-state index in [1.807, 2.05) is 0 Å². The van der Waals surface area contributed by atoms with E-state index in [2.05, 4.69) is 70.2 Å². The summed E-state index contributed by atoms with van der Waals surface area (Å²) in [5, 5.41) is 10.5. The molecule has 2 rings (SSSR count). The first kappa shape index (κ1) is 16.6. The lowest BCUT2D eigenvalue weighted by molar-refractivity contribution is 0.458. The van der Waals surface area contributed by atoms with E-state index in [0.717, 1.165) is 36.8 Å². The number of aromatic hydroxyl groups is 1. The van der Waals surface area contributed by atoms with Crippen LogP contribution >= 0.6 is 0 Å². The zero-order valence-corrected chi connectivity index (χ0v) is 14.3. The van der Waals surface area contributed by atoms with Gasteiger partial charge in [-0.25, -0.2) is 0 Å². The van der Waals surface area contributed by atoms with E-state index in [4.69, 9.17) is 0 Å². The normalized spacial score (nSPS) is 11.6. The van der Waals surface area contributed by atoms with Crippen LogP contribution in [-0.4, -0.2) is 5.11 Å². The van der Waals surface area contributed by atoms with Gasteiger partial charge in [0.2, 0.25) is 0 Å². The summed E-state index contributed by atoms with van der Waals surface area (Å²) in [5.74, 6) is 0.510. The van der Waals surface area contributed by atoms with Gasteiger partial charge in [0.1, 0.15) is 5.75 Å². The van der Waals surface area contributed by atoms with Gasteiger partial charge < -0.3 is 5.11 Å². The molecule has 0 atom stereocenters. The second-order valence-corrected chi connectivity index (χ2v) is 6.63. The molecule has 0 heterocycles. The number of hydrogen-bond acceptors (Lipinski definition) is 1. The van der Waals surface area contributed by atoms with Gasteiger partial charge in [-0.15, -0.1) is 0 Å². The van der Waals surface area contributed by atoms with Crippen LogP contribution < -0.4 is 0 Å². The van der Waals surface area contributed by atoms with Crippen LogP contribution in [0.25, 0.3) is 0 Å². The van der Waals surface area contributed by atoms with Crippen LogP contribution in [0.15, 0.2) is 42.5 Å². The molecule has 0 aliphatic heterocycles. The molecule has 0 amide bonds. The molecule has 0 spiro atoms. The first-order valence-electron chi connectivity index (χ1n) is 8.41. The Morgan fingerprint density at radius 3 is 1.77 bits per heavy atom. The number of phenolic OH excluding ortho intramolecular Hbond substituents is 1. The van der Waals surface area contributed by atoms with Crippen molar-refractivity contribution < 1.29 is 5.11 Å². The molecule has 0 aliphatic carbocycles. The number of aryl methyl sites for hydroxylation is 2. The lowest BCUT2D eigenvalue weighted by Gasteiger charge is -2.28. The van der Waals surface area contributed by atoms with Crippen molar-refractivity contribution in [3.05, 3.63) is 64.7 Å². The summed E-state index contributed by atoms with van der Waals surface area (Å²) in [4.78, 5) is 0. The molecule has 1 nitrogen and oxygen atoms in total. The van der Waals surface area contributed by atoms with E-state index in [0.29, 0.717) is 5.75 Å². The Labute approximate surface area is 135 Å². The lowest BCUT2D eigenvalue weighted by atomic mass is 9.76. The summed E-state index contributed by atoms with van der Waals surface area (Å²) >= 11 is 0. The summed E-state index contributed by atoms with van der Waals surface area (Å²) in [6.07, 6.45) is 3.96. The predicted molar refractivity (Wildman–Crippen MR) is 94.7 cm³/mol. The Morgan fingerprint density at radius 1 is 0.818 bits per heavy atom. The fourth-order valence-electron chi connectivity index (χ4n) is 3.06. The van der Waals surface area contributed by atoms with Crippen LogP contribution in [0.4, 0.5) is 0 Å². The second kappa shape index (κ2) is 7.00. The number of phenols is 1. The summed E-state index contributed by atoms with van der Waals surface area (Å²) < 4.78 is 0. The van der Waals surface area contributed by atoms with Gasteiger partial charge in [-0.05, 0) is 35.1 Å². The fourth-order valence-corrected chi connectivity index (χ4v) is 3.06. The zero-order chi connectivity index (χ0) is 16.2. The third-order valence-corrected chi connectivity index (χ3v) is 4.52. The van der Waals surface area contributed by atoms with Gasteiger partial charge in [0.15, 0.2) is 0 Å². The summed E-state index contributed by atoms with van der Waals surface area (Å²) in [7, 11) is 0. The Kier molecular flexibility index (Phi) is 5.28. The minimum Gasteiger partial charge on any atom is -0.507 e. The average Bonchev–Trinajstić information content (AvgIpc) is 2.52. The van der Waals surface area contributed by atoms with Crippen molar-refractivity contribution in [2.75, 3.05) is 0 Å². The SMILES string of the molecule is CCCc1cc(C(C)(C)c2ccccc2)cc(CCC)c1O. The lowest BCUT2D eigenvalue weighted by Crippen LogP contribution is -2.19. The minimum absolute atomic E-state index is 0.0556. The maximum absolute atomic E-state index is 10.5. The Balaban J connectivity index is 2.54. The molecule has 0 radical (unpaired) electrons. The first-order valence-corrected chi connectivity index (χ1v) is 8.41. The molecule has 0 aliphatic rings. The van der Waals surface area contributed by atoms with Gasteiger partial charge in [0.25, 0.3) is 0 Å². The molecule has 2 aromatic carbocycles. The van der Waals surface area contributed by atoms with Crippen molar-refractivity contribution in [1.82, 2.24) is 0 Å². The summed E-state index contributed by atoms with van der Waals surface area (Å²) in [6.45, 7) is 8.85. The van der Waals surface area contributed by atoms with Gasteiger partial charge in [-0.3, -0.25) is 0 Å². The van der Waals surface area contributed by atoms with E-state index >= 15 is 0 Å². The van der Waals surface area contributed by atoms with Gasteiger partial charge in [-0.2, -0.15) is 0 Å². The van der Waals surface area contributed by atoms with Crippen LogP contribution in [0.3, 0.4) is 0 Å². The van der Waals surface area contributed by atoms with Crippen LogP contribution in [0.5, 0.6) is 5.75 Å². The van der Waals surface area contributed by atoms with Crippen LogP contribution in [-0.2, 0) is 18.3 Å². The van der Waals surface area contributed by atoms with Crippen molar-refractivity contribution >= 4 is 0 Å². The monoisotopic (exact) mass is 296 g/mol. The van der Waals surface area contributed by atoms with Gasteiger partial charge >= 0.3 is 0 Å². The highest BCUT2D eigenvalue weighted by atomic mass is 16.3. The molecule has 1 N–H and O–H groups in total. The molecule has 0 bridgehead atoms. The smallest absolute Gasteiger partial charge is 0.121 e. The quantitative estimate of drug-likeness (QED) is 0.733. The third-order valence-electron chi connectivity index (χ3n) is 4.52. The van der Waals surface area contributed by atoms with Crippen LogP contribution in [0.2, 0.25) is 0 Å². The maximum atomic E-state index is 10.5. The summed E-state index contributed by atoms with van der Waals surface area (Å²) in [6, 6.07) is 15.0. The molecule has 2 aromatic rings. The molecular formula is C21H28O.